The Balaban J connectivity index is 2.31. The lowest BCUT2D eigenvalue weighted by Gasteiger charge is -2.03. The van der Waals surface area contributed by atoms with Crippen molar-refractivity contribution in [1.29, 1.82) is 0 Å². The number of phenols is 1. The minimum atomic E-state index is -0.380. The van der Waals surface area contributed by atoms with E-state index < -0.39 is 0 Å². The van der Waals surface area contributed by atoms with Crippen LogP contribution in [0.2, 0.25) is 0 Å². The molecule has 0 saturated heterocycles. The van der Waals surface area contributed by atoms with Crippen LogP contribution in [0.5, 0.6) is 5.75 Å². The Morgan fingerprint density at radius 1 is 1.31 bits per heavy atom. The van der Waals surface area contributed by atoms with E-state index in [-0.39, 0.29) is 11.9 Å². The third-order valence-electron chi connectivity index (χ3n) is 2.14. The number of rotatable bonds is 1. The first-order valence-corrected chi connectivity index (χ1v) is 4.27. The maximum atomic E-state index is 9.49. The van der Waals surface area contributed by atoms with Gasteiger partial charge in [0.1, 0.15) is 5.75 Å². The first-order chi connectivity index (χ1) is 6.27. The molecule has 0 unspecified atom stereocenters. The van der Waals surface area contributed by atoms with Crippen molar-refractivity contribution in [1.82, 2.24) is 0 Å². The van der Waals surface area contributed by atoms with Gasteiger partial charge in [0.05, 0.1) is 12.6 Å². The van der Waals surface area contributed by atoms with Crippen LogP contribution >= 0.6 is 0 Å². The van der Waals surface area contributed by atoms with Crippen LogP contribution in [0.15, 0.2) is 29.3 Å². The van der Waals surface area contributed by atoms with Crippen molar-refractivity contribution < 1.29 is 10.2 Å². The number of aliphatic hydroxyl groups is 1. The summed E-state index contributed by atoms with van der Waals surface area (Å²) in [4.78, 5) is 4.15. The third kappa shape index (κ3) is 1.55. The van der Waals surface area contributed by atoms with Crippen LogP contribution in [0.3, 0.4) is 0 Å². The molecule has 3 heteroatoms. The lowest BCUT2D eigenvalue weighted by molar-refractivity contribution is 0.200. The Labute approximate surface area is 76.4 Å². The number of phenolic OH excluding ortho intramolecular Hbond substituents is 1. The van der Waals surface area contributed by atoms with Crippen LogP contribution in [-0.4, -0.2) is 28.6 Å². The van der Waals surface area contributed by atoms with E-state index in [1.807, 2.05) is 12.1 Å². The Morgan fingerprint density at radius 3 is 2.69 bits per heavy atom. The highest BCUT2D eigenvalue weighted by atomic mass is 16.3. The zero-order valence-electron chi connectivity index (χ0n) is 7.14. The first kappa shape index (κ1) is 8.26. The second-order valence-corrected chi connectivity index (χ2v) is 3.16. The van der Waals surface area contributed by atoms with Gasteiger partial charge in [-0.05, 0) is 12.1 Å². The topological polar surface area (TPSA) is 52.8 Å². The minimum absolute atomic E-state index is 0.232. The van der Waals surface area contributed by atoms with Gasteiger partial charge in [0.2, 0.25) is 0 Å². The predicted octanol–water partition coefficient (Wildman–Crippen LogP) is 0.946. The van der Waals surface area contributed by atoms with Crippen molar-refractivity contribution >= 4 is 5.71 Å². The number of benzene rings is 1. The molecule has 1 aliphatic rings. The number of aliphatic hydroxyl groups excluding tert-OH is 1. The van der Waals surface area contributed by atoms with Gasteiger partial charge >= 0.3 is 0 Å². The molecule has 1 atom stereocenters. The van der Waals surface area contributed by atoms with Crippen molar-refractivity contribution in [2.75, 3.05) is 6.54 Å². The Bertz CT molecular complexity index is 347. The molecule has 0 amide bonds. The molecule has 3 nitrogen and oxygen atoms in total. The molecule has 0 radical (unpaired) electrons. The van der Waals surface area contributed by atoms with Crippen molar-refractivity contribution in [3.05, 3.63) is 29.8 Å². The minimum Gasteiger partial charge on any atom is -0.507 e. The first-order valence-electron chi connectivity index (χ1n) is 4.27. The number of aromatic hydroxyl groups is 1. The average Bonchev–Trinajstić information content (AvgIpc) is 2.53. The molecular formula is C10H11NO2. The van der Waals surface area contributed by atoms with Crippen molar-refractivity contribution in [3.8, 4) is 5.75 Å². The SMILES string of the molecule is Oc1ccccc1C1=NC[C@@H](O)C1. The summed E-state index contributed by atoms with van der Waals surface area (Å²) in [5, 5.41) is 18.8. The van der Waals surface area contributed by atoms with Crippen LogP contribution < -0.4 is 0 Å². The summed E-state index contributed by atoms with van der Waals surface area (Å²) in [5.74, 6) is 0.232. The van der Waals surface area contributed by atoms with Crippen LogP contribution in [0.25, 0.3) is 0 Å². The highest BCUT2D eigenvalue weighted by Gasteiger charge is 2.18. The van der Waals surface area contributed by atoms with Gasteiger partial charge in [0.15, 0.2) is 0 Å². The molecule has 68 valence electrons. The summed E-state index contributed by atoms with van der Waals surface area (Å²) in [5.41, 5.74) is 1.53. The molecule has 2 N–H and O–H groups in total. The van der Waals surface area contributed by atoms with E-state index in [1.54, 1.807) is 12.1 Å². The third-order valence-corrected chi connectivity index (χ3v) is 2.14. The Morgan fingerprint density at radius 2 is 2.08 bits per heavy atom. The smallest absolute Gasteiger partial charge is 0.124 e. The van der Waals surface area contributed by atoms with Crippen LogP contribution in [0.1, 0.15) is 12.0 Å². The molecule has 1 aromatic rings. The largest absolute Gasteiger partial charge is 0.507 e. The fraction of sp³-hybridized carbons (Fsp3) is 0.300. The number of nitrogens with zero attached hydrogens (tertiary/aromatic N) is 1. The molecule has 13 heavy (non-hydrogen) atoms. The molecule has 1 aliphatic heterocycles. The number of hydrogen-bond acceptors (Lipinski definition) is 3. The fourth-order valence-electron chi connectivity index (χ4n) is 1.48. The standard InChI is InChI=1S/C10H11NO2/c12-7-5-9(11-6-7)8-3-1-2-4-10(8)13/h1-4,7,12-13H,5-6H2/t7-/m0/s1. The highest BCUT2D eigenvalue weighted by molar-refractivity contribution is 6.04. The molecule has 0 saturated carbocycles. The lowest BCUT2D eigenvalue weighted by Crippen LogP contribution is -2.07. The molecule has 0 aromatic heterocycles. The van der Waals surface area contributed by atoms with E-state index in [4.69, 9.17) is 0 Å². The maximum Gasteiger partial charge on any atom is 0.124 e. The Hall–Kier alpha value is -1.35. The fourth-order valence-corrected chi connectivity index (χ4v) is 1.48. The zero-order chi connectivity index (χ0) is 9.26. The van der Waals surface area contributed by atoms with Crippen LogP contribution in [0, 0.1) is 0 Å². The summed E-state index contributed by atoms with van der Waals surface area (Å²) in [6.07, 6.45) is 0.159. The number of para-hydroxylation sites is 1. The summed E-state index contributed by atoms with van der Waals surface area (Å²) in [6, 6.07) is 7.06. The van der Waals surface area contributed by atoms with E-state index >= 15 is 0 Å². The Kier molecular flexibility index (Phi) is 2.02. The molecule has 0 fully saturated rings. The van der Waals surface area contributed by atoms with E-state index in [1.165, 1.54) is 0 Å². The van der Waals surface area contributed by atoms with E-state index in [9.17, 15) is 10.2 Å². The normalized spacial score (nSPS) is 21.6. The van der Waals surface area contributed by atoms with Crippen LogP contribution in [0.4, 0.5) is 0 Å². The van der Waals surface area contributed by atoms with E-state index in [0.717, 1.165) is 11.3 Å². The van der Waals surface area contributed by atoms with Gasteiger partial charge in [0.25, 0.3) is 0 Å². The average molecular weight is 177 g/mol. The second kappa shape index (κ2) is 3.18. The highest BCUT2D eigenvalue weighted by Crippen LogP contribution is 2.21. The molecule has 0 aliphatic carbocycles. The van der Waals surface area contributed by atoms with E-state index in [2.05, 4.69) is 4.99 Å². The zero-order valence-corrected chi connectivity index (χ0v) is 7.14. The van der Waals surface area contributed by atoms with Crippen molar-refractivity contribution in [2.24, 2.45) is 4.99 Å². The van der Waals surface area contributed by atoms with Crippen molar-refractivity contribution in [2.45, 2.75) is 12.5 Å². The van der Waals surface area contributed by atoms with Crippen molar-refractivity contribution in [3.63, 3.8) is 0 Å². The summed E-state index contributed by atoms with van der Waals surface area (Å²) >= 11 is 0. The number of hydrogen-bond donors (Lipinski definition) is 2. The quantitative estimate of drug-likeness (QED) is 0.671. The maximum absolute atomic E-state index is 9.49. The van der Waals surface area contributed by atoms with Gasteiger partial charge in [-0.1, -0.05) is 12.1 Å². The monoisotopic (exact) mass is 177 g/mol. The molecule has 2 rings (SSSR count). The van der Waals surface area contributed by atoms with Gasteiger partial charge in [-0.15, -0.1) is 0 Å². The molecule has 0 spiro atoms. The molecule has 1 heterocycles. The second-order valence-electron chi connectivity index (χ2n) is 3.16. The summed E-state index contributed by atoms with van der Waals surface area (Å²) in [7, 11) is 0. The predicted molar refractivity (Wildman–Crippen MR) is 50.1 cm³/mol. The van der Waals surface area contributed by atoms with Gasteiger partial charge in [0, 0.05) is 17.7 Å². The van der Waals surface area contributed by atoms with Gasteiger partial charge in [-0.3, -0.25) is 4.99 Å². The van der Waals surface area contributed by atoms with E-state index in [0.29, 0.717) is 13.0 Å². The van der Waals surface area contributed by atoms with Gasteiger partial charge in [-0.2, -0.15) is 0 Å². The molecular weight excluding hydrogens is 166 g/mol. The molecule has 1 aromatic carbocycles. The van der Waals surface area contributed by atoms with Gasteiger partial charge < -0.3 is 10.2 Å². The van der Waals surface area contributed by atoms with Crippen LogP contribution in [-0.2, 0) is 0 Å². The number of aliphatic imine (C=N–C) groups is 1. The summed E-state index contributed by atoms with van der Waals surface area (Å²) in [6.45, 7) is 0.448. The molecule has 0 bridgehead atoms. The lowest BCUT2D eigenvalue weighted by atomic mass is 10.1. The van der Waals surface area contributed by atoms with Gasteiger partial charge in [-0.25, -0.2) is 0 Å². The summed E-state index contributed by atoms with van der Waals surface area (Å²) < 4.78 is 0.